The van der Waals surface area contributed by atoms with Crippen LogP contribution in [0.5, 0.6) is 0 Å². The Kier molecular flexibility index (Phi) is 4.90. The number of nitrogens with zero attached hydrogens (tertiary/aromatic N) is 1. The molecule has 0 saturated heterocycles. The molecule has 5 heteroatoms. The molecular weight excluding hydrogens is 254 g/mol. The molecule has 2 rings (SSSR count). The molecule has 0 aliphatic heterocycles. The maximum Gasteiger partial charge on any atom is 0.224 e. The van der Waals surface area contributed by atoms with Gasteiger partial charge in [0.05, 0.1) is 5.69 Å². The van der Waals surface area contributed by atoms with Crippen LogP contribution in [0.2, 0.25) is 0 Å². The second-order valence-corrected chi connectivity index (χ2v) is 4.86. The van der Waals surface area contributed by atoms with Crippen molar-refractivity contribution in [1.29, 1.82) is 0 Å². The molecular formula is C15H19N3O2. The number of carbonyl (C=O) groups is 1. The van der Waals surface area contributed by atoms with Gasteiger partial charge in [-0.25, -0.2) is 0 Å². The first kappa shape index (κ1) is 14.3. The van der Waals surface area contributed by atoms with Crippen molar-refractivity contribution in [2.24, 2.45) is 5.92 Å². The normalized spacial score (nSPS) is 12.1. The molecule has 0 saturated carbocycles. The molecule has 0 aliphatic rings. The Morgan fingerprint density at radius 2 is 2.30 bits per heavy atom. The molecule has 1 unspecified atom stereocenters. The minimum absolute atomic E-state index is 0.00342. The molecule has 1 aromatic heterocycles. The van der Waals surface area contributed by atoms with E-state index in [9.17, 15) is 4.79 Å². The van der Waals surface area contributed by atoms with Gasteiger partial charge in [0, 0.05) is 37.6 Å². The van der Waals surface area contributed by atoms with Gasteiger partial charge in [-0.05, 0) is 24.1 Å². The van der Waals surface area contributed by atoms with Gasteiger partial charge in [-0.3, -0.25) is 9.89 Å². The van der Waals surface area contributed by atoms with Crippen LogP contribution in [0.3, 0.4) is 0 Å². The van der Waals surface area contributed by atoms with E-state index in [1.807, 2.05) is 37.3 Å². The summed E-state index contributed by atoms with van der Waals surface area (Å²) in [6.07, 6.45) is 2.15. The summed E-state index contributed by atoms with van der Waals surface area (Å²) in [5.41, 5.74) is 2.70. The van der Waals surface area contributed by atoms with Crippen molar-refractivity contribution in [3.05, 3.63) is 36.5 Å². The highest BCUT2D eigenvalue weighted by Crippen LogP contribution is 2.20. The fraction of sp³-hybridized carbons (Fsp3) is 0.333. The minimum atomic E-state index is -0.00342. The largest absolute Gasteiger partial charge is 0.384 e. The fourth-order valence-electron chi connectivity index (χ4n) is 2.05. The first-order valence-corrected chi connectivity index (χ1v) is 6.57. The standard InChI is InChI=1S/C15H19N3O2/c1-11(10-20-2)8-15(19)17-13-5-3-4-12(9-13)14-6-7-16-18-14/h3-7,9,11H,8,10H2,1-2H3,(H,16,18)(H,17,19). The number of anilines is 1. The lowest BCUT2D eigenvalue weighted by molar-refractivity contribution is -0.117. The van der Waals surface area contributed by atoms with Crippen LogP contribution in [0.25, 0.3) is 11.3 Å². The van der Waals surface area contributed by atoms with Gasteiger partial charge < -0.3 is 10.1 Å². The maximum atomic E-state index is 11.9. The molecule has 1 heterocycles. The van der Waals surface area contributed by atoms with E-state index < -0.39 is 0 Å². The summed E-state index contributed by atoms with van der Waals surface area (Å²) in [5.74, 6) is 0.201. The van der Waals surface area contributed by atoms with E-state index in [-0.39, 0.29) is 11.8 Å². The molecule has 0 spiro atoms. The number of ether oxygens (including phenoxy) is 1. The third-order valence-corrected chi connectivity index (χ3v) is 2.94. The van der Waals surface area contributed by atoms with E-state index in [1.54, 1.807) is 13.3 Å². The Labute approximate surface area is 118 Å². The van der Waals surface area contributed by atoms with Crippen molar-refractivity contribution in [2.45, 2.75) is 13.3 Å². The number of aromatic amines is 1. The second kappa shape index (κ2) is 6.86. The van der Waals surface area contributed by atoms with Gasteiger partial charge >= 0.3 is 0 Å². The number of aromatic nitrogens is 2. The Balaban J connectivity index is 1.99. The second-order valence-electron chi connectivity index (χ2n) is 4.86. The van der Waals surface area contributed by atoms with Crippen molar-refractivity contribution in [2.75, 3.05) is 19.0 Å². The van der Waals surface area contributed by atoms with Crippen molar-refractivity contribution < 1.29 is 9.53 Å². The third kappa shape index (κ3) is 3.93. The summed E-state index contributed by atoms with van der Waals surface area (Å²) in [6.45, 7) is 2.58. The molecule has 1 aromatic carbocycles. The van der Waals surface area contributed by atoms with Gasteiger partial charge in [-0.2, -0.15) is 5.10 Å². The number of nitrogens with one attached hydrogen (secondary N) is 2. The molecule has 2 N–H and O–H groups in total. The molecule has 5 nitrogen and oxygen atoms in total. The topological polar surface area (TPSA) is 67.0 Å². The van der Waals surface area contributed by atoms with Crippen LogP contribution in [0, 0.1) is 5.92 Å². The number of rotatable bonds is 6. The lowest BCUT2D eigenvalue weighted by atomic mass is 10.1. The number of hydrogen-bond donors (Lipinski definition) is 2. The zero-order valence-corrected chi connectivity index (χ0v) is 11.7. The number of H-pyrrole nitrogens is 1. The zero-order valence-electron chi connectivity index (χ0n) is 11.7. The van der Waals surface area contributed by atoms with Crippen LogP contribution >= 0.6 is 0 Å². The van der Waals surface area contributed by atoms with Crippen molar-refractivity contribution >= 4 is 11.6 Å². The summed E-state index contributed by atoms with van der Waals surface area (Å²) < 4.78 is 5.03. The fourth-order valence-corrected chi connectivity index (χ4v) is 2.05. The molecule has 0 radical (unpaired) electrons. The molecule has 2 aromatic rings. The number of methoxy groups -OCH3 is 1. The highest BCUT2D eigenvalue weighted by molar-refractivity contribution is 5.91. The number of benzene rings is 1. The Hall–Kier alpha value is -2.14. The smallest absolute Gasteiger partial charge is 0.224 e. The van der Waals surface area contributed by atoms with E-state index in [2.05, 4.69) is 15.5 Å². The van der Waals surface area contributed by atoms with Crippen LogP contribution in [0.1, 0.15) is 13.3 Å². The van der Waals surface area contributed by atoms with Crippen LogP contribution in [0.4, 0.5) is 5.69 Å². The van der Waals surface area contributed by atoms with Crippen molar-refractivity contribution in [3.8, 4) is 11.3 Å². The number of amides is 1. The molecule has 20 heavy (non-hydrogen) atoms. The lowest BCUT2D eigenvalue weighted by Gasteiger charge is -2.11. The minimum Gasteiger partial charge on any atom is -0.384 e. The summed E-state index contributed by atoms with van der Waals surface area (Å²) in [4.78, 5) is 11.9. The average molecular weight is 273 g/mol. The van der Waals surface area contributed by atoms with E-state index in [4.69, 9.17) is 4.74 Å². The van der Waals surface area contributed by atoms with E-state index in [1.165, 1.54) is 0 Å². The summed E-state index contributed by atoms with van der Waals surface area (Å²) in [6, 6.07) is 9.56. The molecule has 0 bridgehead atoms. The predicted octanol–water partition coefficient (Wildman–Crippen LogP) is 2.69. The first-order valence-electron chi connectivity index (χ1n) is 6.57. The van der Waals surface area contributed by atoms with Crippen LogP contribution in [-0.2, 0) is 9.53 Å². The monoisotopic (exact) mass is 273 g/mol. The predicted molar refractivity (Wildman–Crippen MR) is 78.3 cm³/mol. The SMILES string of the molecule is COCC(C)CC(=O)Nc1cccc(-c2ccn[nH]2)c1. The van der Waals surface area contributed by atoms with E-state index in [0.29, 0.717) is 13.0 Å². The van der Waals surface area contributed by atoms with Crippen molar-refractivity contribution in [3.63, 3.8) is 0 Å². The van der Waals surface area contributed by atoms with Gasteiger partial charge in [-0.1, -0.05) is 19.1 Å². The summed E-state index contributed by atoms with van der Waals surface area (Å²) in [7, 11) is 1.64. The zero-order chi connectivity index (χ0) is 14.4. The maximum absolute atomic E-state index is 11.9. The molecule has 1 amide bonds. The van der Waals surface area contributed by atoms with Crippen LogP contribution < -0.4 is 5.32 Å². The van der Waals surface area contributed by atoms with Gasteiger partial charge in [0.1, 0.15) is 0 Å². The Morgan fingerprint density at radius 3 is 3.00 bits per heavy atom. The van der Waals surface area contributed by atoms with Crippen LogP contribution in [-0.4, -0.2) is 29.8 Å². The molecule has 106 valence electrons. The Morgan fingerprint density at radius 1 is 1.45 bits per heavy atom. The number of hydrogen-bond acceptors (Lipinski definition) is 3. The van der Waals surface area contributed by atoms with E-state index in [0.717, 1.165) is 16.9 Å². The van der Waals surface area contributed by atoms with Gasteiger partial charge in [0.2, 0.25) is 5.91 Å². The summed E-state index contributed by atoms with van der Waals surface area (Å²) >= 11 is 0. The average Bonchev–Trinajstić information content (AvgIpc) is 2.92. The van der Waals surface area contributed by atoms with Gasteiger partial charge in [0.25, 0.3) is 0 Å². The summed E-state index contributed by atoms with van der Waals surface area (Å²) in [5, 5.41) is 9.73. The number of carbonyl (C=O) groups excluding carboxylic acids is 1. The van der Waals surface area contributed by atoms with E-state index >= 15 is 0 Å². The quantitative estimate of drug-likeness (QED) is 0.850. The lowest BCUT2D eigenvalue weighted by Crippen LogP contribution is -2.17. The highest BCUT2D eigenvalue weighted by atomic mass is 16.5. The molecule has 0 aliphatic carbocycles. The van der Waals surface area contributed by atoms with Crippen molar-refractivity contribution in [1.82, 2.24) is 10.2 Å². The first-order chi connectivity index (χ1) is 9.69. The van der Waals surface area contributed by atoms with Gasteiger partial charge in [-0.15, -0.1) is 0 Å². The van der Waals surface area contributed by atoms with Gasteiger partial charge in [0.15, 0.2) is 0 Å². The van der Waals surface area contributed by atoms with Crippen LogP contribution in [0.15, 0.2) is 36.5 Å². The molecule has 0 fully saturated rings. The highest BCUT2D eigenvalue weighted by Gasteiger charge is 2.09. The third-order valence-electron chi connectivity index (χ3n) is 2.94. The molecule has 1 atom stereocenters. The Bertz CT molecular complexity index is 552.